The highest BCUT2D eigenvalue weighted by Gasteiger charge is 2.40. The number of aliphatic carboxylic acids is 7. The summed E-state index contributed by atoms with van der Waals surface area (Å²) in [6.45, 7) is 3.57. The highest BCUT2D eigenvalue weighted by atomic mass is 19.4. The summed E-state index contributed by atoms with van der Waals surface area (Å²) in [5, 5.41) is 59.9. The minimum atomic E-state index is -5.08. The van der Waals surface area contributed by atoms with Crippen LogP contribution in [0.5, 0.6) is 0 Å². The van der Waals surface area contributed by atoms with Crippen molar-refractivity contribution in [2.24, 2.45) is 5.11 Å². The topological polar surface area (TPSA) is 323 Å². The second kappa shape index (κ2) is 28.4. The molecule has 1 heterocycles. The number of carbonyl (C=O) groups is 7. The highest BCUT2D eigenvalue weighted by molar-refractivity contribution is 5.74. The van der Waals surface area contributed by atoms with E-state index >= 15 is 0 Å². The van der Waals surface area contributed by atoms with Crippen LogP contribution in [-0.4, -0.2) is 194 Å². The number of benzene rings is 1. The van der Waals surface area contributed by atoms with Crippen molar-refractivity contribution in [3.05, 3.63) is 40.3 Å². The van der Waals surface area contributed by atoms with Gasteiger partial charge in [0.15, 0.2) is 0 Å². The summed E-state index contributed by atoms with van der Waals surface area (Å²) in [7, 11) is 0. The Bertz CT molecular complexity index is 1530. The molecule has 62 heavy (non-hydrogen) atoms. The molecule has 0 unspecified atom stereocenters. The number of alkyl halides is 12. The third-order valence-electron chi connectivity index (χ3n) is 6.48. The Kier molecular flexibility index (Phi) is 27.5. The molecule has 7 N–H and O–H groups in total. The van der Waals surface area contributed by atoms with Crippen LogP contribution in [0, 0.1) is 0 Å². The number of halogens is 12. The van der Waals surface area contributed by atoms with Gasteiger partial charge in [-0.2, -0.15) is 52.7 Å². The minimum Gasteiger partial charge on any atom is -0.480 e. The lowest BCUT2D eigenvalue weighted by atomic mass is 10.2. The average molecular weight is 934 g/mol. The fraction of sp³-hybridized carbons (Fsp3) is 0.552. The second-order valence-electron chi connectivity index (χ2n) is 11.4. The summed E-state index contributed by atoms with van der Waals surface area (Å²) in [5.41, 5.74) is 10.0. The van der Waals surface area contributed by atoms with Crippen molar-refractivity contribution in [1.29, 1.82) is 0 Å². The SMILES string of the molecule is O=C(O)C(F)(F)F.O=C(O)C(F)(F)F.O=C(O)C(F)(F)F.O=C(O)C(F)(F)F.[N-]=[N+]=Nc1ccc(CN2CCN(CC(=O)O)CCN(CC(=O)O)CCN(CC(=O)O)CC2)cc1. The van der Waals surface area contributed by atoms with Crippen LogP contribution >= 0.6 is 0 Å². The van der Waals surface area contributed by atoms with Gasteiger partial charge in [-0.25, -0.2) is 19.2 Å². The van der Waals surface area contributed by atoms with Gasteiger partial charge in [0.1, 0.15) is 0 Å². The maximum absolute atomic E-state index is 11.3. The molecule has 0 spiro atoms. The first-order valence-electron chi connectivity index (χ1n) is 15.9. The number of azide groups is 1. The van der Waals surface area contributed by atoms with Crippen LogP contribution in [0.2, 0.25) is 0 Å². The van der Waals surface area contributed by atoms with Crippen molar-refractivity contribution in [2.45, 2.75) is 31.2 Å². The maximum Gasteiger partial charge on any atom is 0.490 e. The smallest absolute Gasteiger partial charge is 0.480 e. The van der Waals surface area contributed by atoms with E-state index in [4.69, 9.17) is 45.1 Å². The van der Waals surface area contributed by atoms with Gasteiger partial charge < -0.3 is 35.7 Å². The summed E-state index contributed by atoms with van der Waals surface area (Å²) in [4.78, 5) is 79.7. The Hall–Kier alpha value is -6.18. The molecule has 0 atom stereocenters. The zero-order valence-electron chi connectivity index (χ0n) is 30.9. The first kappa shape index (κ1) is 60.1. The average Bonchev–Trinajstić information content (AvgIpc) is 3.09. The molecule has 1 aromatic rings. The Morgan fingerprint density at radius 3 is 0.855 bits per heavy atom. The minimum absolute atomic E-state index is 0.152. The summed E-state index contributed by atoms with van der Waals surface area (Å²) < 4.78 is 127. The fourth-order valence-corrected chi connectivity index (χ4v) is 3.76. The number of carboxylic acids is 7. The largest absolute Gasteiger partial charge is 0.490 e. The standard InChI is InChI=1S/C21H31N7O6.4C2HF3O2/c22-24-23-18-3-1-17(2-4-18)13-25-5-7-26(14-19(29)30)9-11-28(16-21(33)34)12-10-27(8-6-25)15-20(31)32;4*3-2(4,5)1(6)7/h1-4H,5-16H2,(H,29,30)(H,31,32)(H,33,34);4*(H,6,7). The zero-order valence-corrected chi connectivity index (χ0v) is 30.9. The molecule has 1 aromatic carbocycles. The van der Waals surface area contributed by atoms with Gasteiger partial charge in [0.25, 0.3) is 0 Å². The Morgan fingerprint density at radius 2 is 0.677 bits per heavy atom. The maximum atomic E-state index is 11.3. The number of hydrogen-bond donors (Lipinski definition) is 7. The van der Waals surface area contributed by atoms with Crippen molar-refractivity contribution in [2.75, 3.05) is 72.0 Å². The molecule has 2 rings (SSSR count). The van der Waals surface area contributed by atoms with Gasteiger partial charge in [-0.05, 0) is 11.1 Å². The number of nitrogens with zero attached hydrogens (tertiary/aromatic N) is 7. The summed E-state index contributed by atoms with van der Waals surface area (Å²) in [6, 6.07) is 7.15. The zero-order chi connectivity index (χ0) is 49.2. The summed E-state index contributed by atoms with van der Waals surface area (Å²) in [5.74, 6) is -13.9. The van der Waals surface area contributed by atoms with Crippen LogP contribution < -0.4 is 0 Å². The Balaban J connectivity index is -0.000000995. The van der Waals surface area contributed by atoms with Gasteiger partial charge in [-0.1, -0.05) is 29.4 Å². The van der Waals surface area contributed by atoms with E-state index in [0.717, 1.165) is 5.56 Å². The number of carboxylic acid groups (broad SMARTS) is 7. The molecule has 0 bridgehead atoms. The summed E-state index contributed by atoms with van der Waals surface area (Å²) >= 11 is 0. The van der Waals surface area contributed by atoms with Crippen molar-refractivity contribution < 1.29 is 122 Å². The molecule has 0 saturated carbocycles. The highest BCUT2D eigenvalue weighted by Crippen LogP contribution is 2.17. The van der Waals surface area contributed by atoms with E-state index in [0.29, 0.717) is 64.6 Å². The third-order valence-corrected chi connectivity index (χ3v) is 6.48. The molecule has 33 heteroatoms. The van der Waals surface area contributed by atoms with E-state index in [-0.39, 0.29) is 19.6 Å². The van der Waals surface area contributed by atoms with E-state index in [2.05, 4.69) is 14.9 Å². The van der Waals surface area contributed by atoms with Crippen molar-refractivity contribution in [3.8, 4) is 0 Å². The third kappa shape index (κ3) is 33.6. The van der Waals surface area contributed by atoms with Crippen LogP contribution in [0.3, 0.4) is 0 Å². The molecule has 1 aliphatic rings. The van der Waals surface area contributed by atoms with Gasteiger partial charge in [-0.15, -0.1) is 0 Å². The van der Waals surface area contributed by atoms with Gasteiger partial charge in [0.2, 0.25) is 0 Å². The molecule has 0 amide bonds. The molecular weight excluding hydrogens is 898 g/mol. The normalized spacial score (nSPS) is 14.8. The van der Waals surface area contributed by atoms with Crippen LogP contribution in [0.15, 0.2) is 29.4 Å². The van der Waals surface area contributed by atoms with Crippen LogP contribution in [-0.2, 0) is 40.1 Å². The van der Waals surface area contributed by atoms with Crippen LogP contribution in [0.25, 0.3) is 10.4 Å². The Labute approximate surface area is 338 Å². The van der Waals surface area contributed by atoms with Crippen LogP contribution in [0.1, 0.15) is 5.56 Å². The first-order chi connectivity index (χ1) is 28.0. The molecule has 1 fully saturated rings. The molecule has 21 nitrogen and oxygen atoms in total. The van der Waals surface area contributed by atoms with E-state index in [1.807, 2.05) is 12.1 Å². The van der Waals surface area contributed by atoms with Crippen LogP contribution in [0.4, 0.5) is 58.4 Å². The van der Waals surface area contributed by atoms with Gasteiger partial charge in [0.05, 0.1) is 19.6 Å². The molecule has 354 valence electrons. The van der Waals surface area contributed by atoms with E-state index < -0.39 is 66.5 Å². The Morgan fingerprint density at radius 1 is 0.468 bits per heavy atom. The lowest BCUT2D eigenvalue weighted by molar-refractivity contribution is -0.193. The molecule has 0 aliphatic carbocycles. The quantitative estimate of drug-likeness (QED) is 0.0809. The molecule has 0 radical (unpaired) electrons. The summed E-state index contributed by atoms with van der Waals surface area (Å²) in [6.07, 6.45) is -20.3. The van der Waals surface area contributed by atoms with E-state index in [1.165, 1.54) is 0 Å². The predicted molar refractivity (Wildman–Crippen MR) is 178 cm³/mol. The monoisotopic (exact) mass is 933 g/mol. The number of hydrogen-bond acceptors (Lipinski definition) is 12. The van der Waals surface area contributed by atoms with Crippen molar-refractivity contribution in [1.82, 2.24) is 19.6 Å². The number of rotatable bonds is 9. The van der Waals surface area contributed by atoms with E-state index in [9.17, 15) is 82.4 Å². The predicted octanol–water partition coefficient (Wildman–Crippen LogP) is 3.14. The van der Waals surface area contributed by atoms with Crippen molar-refractivity contribution >= 4 is 47.5 Å². The molecule has 0 aromatic heterocycles. The fourth-order valence-electron chi connectivity index (χ4n) is 3.76. The lowest BCUT2D eigenvalue weighted by Crippen LogP contribution is -2.48. The van der Waals surface area contributed by atoms with Gasteiger partial charge in [-0.3, -0.25) is 34.0 Å². The van der Waals surface area contributed by atoms with E-state index in [1.54, 1.807) is 26.8 Å². The van der Waals surface area contributed by atoms with Gasteiger partial charge >= 0.3 is 66.5 Å². The molecular formula is C29H35F12N7O14. The second-order valence-corrected chi connectivity index (χ2v) is 11.4. The lowest BCUT2D eigenvalue weighted by Gasteiger charge is -2.33. The molecule has 1 saturated heterocycles. The first-order valence-corrected chi connectivity index (χ1v) is 15.9. The molecule has 1 aliphatic heterocycles. The van der Waals surface area contributed by atoms with Gasteiger partial charge in [0, 0.05) is 69.5 Å². The van der Waals surface area contributed by atoms with Crippen molar-refractivity contribution in [3.63, 3.8) is 0 Å².